The molecular weight excluding hydrogens is 526 g/mol. The summed E-state index contributed by atoms with van der Waals surface area (Å²) in [6.45, 7) is 7.32. The Hall–Kier alpha value is -1.22. The topological polar surface area (TPSA) is 37.4 Å². The molecule has 0 aliphatic carbocycles. The number of rotatable bonds is 34. The van der Waals surface area contributed by atoms with E-state index in [9.17, 15) is 9.59 Å². The summed E-state index contributed by atoms with van der Waals surface area (Å²) in [4.78, 5) is 28.0. The Morgan fingerprint density at radius 2 is 0.721 bits per heavy atom. The van der Waals surface area contributed by atoms with E-state index in [4.69, 9.17) is 0 Å². The van der Waals surface area contributed by atoms with Crippen molar-refractivity contribution in [2.45, 2.75) is 207 Å². The number of carbonyl (C=O) groups excluding carboxylic acids is 2. The second-order valence-electron chi connectivity index (χ2n) is 13.1. The second-order valence-corrected chi connectivity index (χ2v) is 13.1. The molecule has 0 aromatic rings. The van der Waals surface area contributed by atoms with Crippen molar-refractivity contribution in [2.24, 2.45) is 0 Å². The highest BCUT2D eigenvalue weighted by Crippen LogP contribution is 2.15. The van der Waals surface area contributed by atoms with Crippen LogP contribution in [0.5, 0.6) is 0 Å². The maximum absolute atomic E-state index is 13.0. The molecule has 0 N–H and O–H groups in total. The van der Waals surface area contributed by atoms with E-state index in [1.54, 1.807) is 0 Å². The van der Waals surface area contributed by atoms with Gasteiger partial charge in [0.25, 0.3) is 0 Å². The van der Waals surface area contributed by atoms with Crippen LogP contribution in [0.4, 0.5) is 0 Å². The highest BCUT2D eigenvalue weighted by molar-refractivity contribution is 6.06. The highest BCUT2D eigenvalue weighted by Gasteiger charge is 2.28. The summed E-state index contributed by atoms with van der Waals surface area (Å²) < 4.78 is 0. The third kappa shape index (κ3) is 28.0. The number of unbranched alkanes of at least 4 members (excludes halogenated alkanes) is 22. The van der Waals surface area contributed by atoms with E-state index in [-0.39, 0.29) is 11.6 Å². The maximum Gasteiger partial charge on any atom is 0.157 e. The van der Waals surface area contributed by atoms with Crippen molar-refractivity contribution >= 4 is 11.6 Å². The summed E-state index contributed by atoms with van der Waals surface area (Å²) in [5, 5.41) is 0. The van der Waals surface area contributed by atoms with Crippen LogP contribution in [-0.4, -0.2) is 36.1 Å². The molecule has 0 bridgehead atoms. The summed E-state index contributed by atoms with van der Waals surface area (Å²) in [5.74, 6) is 0.277. The fraction of sp³-hybridized carbons (Fsp3) is 0.850. The molecule has 0 aliphatic rings. The van der Waals surface area contributed by atoms with E-state index >= 15 is 0 Å². The summed E-state index contributed by atoms with van der Waals surface area (Å²) >= 11 is 0. The number of nitrogens with zero attached hydrogens (tertiary/aromatic N) is 1. The van der Waals surface area contributed by atoms with Gasteiger partial charge in [0, 0.05) is 12.8 Å². The van der Waals surface area contributed by atoms with Crippen LogP contribution in [0.25, 0.3) is 0 Å². The molecule has 0 fully saturated rings. The van der Waals surface area contributed by atoms with Crippen molar-refractivity contribution in [3.8, 4) is 0 Å². The van der Waals surface area contributed by atoms with Gasteiger partial charge >= 0.3 is 0 Å². The second kappa shape index (κ2) is 33.7. The quantitative estimate of drug-likeness (QED) is 0.0418. The van der Waals surface area contributed by atoms with Gasteiger partial charge in [-0.25, -0.2) is 0 Å². The molecule has 252 valence electrons. The number of carbonyl (C=O) groups is 2. The van der Waals surface area contributed by atoms with E-state index in [0.717, 1.165) is 32.2 Å². The Morgan fingerprint density at radius 1 is 0.442 bits per heavy atom. The largest absolute Gasteiger partial charge is 0.297 e. The summed E-state index contributed by atoms with van der Waals surface area (Å²) in [5.41, 5.74) is 0. The first-order valence-electron chi connectivity index (χ1n) is 19.1. The van der Waals surface area contributed by atoms with Gasteiger partial charge in [0.1, 0.15) is 6.04 Å². The van der Waals surface area contributed by atoms with Gasteiger partial charge in [-0.05, 0) is 77.8 Å². The Kier molecular flexibility index (Phi) is 32.7. The van der Waals surface area contributed by atoms with Gasteiger partial charge in [-0.1, -0.05) is 148 Å². The smallest absolute Gasteiger partial charge is 0.157 e. The third-order valence-electron chi connectivity index (χ3n) is 8.92. The van der Waals surface area contributed by atoms with Crippen LogP contribution in [-0.2, 0) is 9.59 Å². The van der Waals surface area contributed by atoms with Crippen LogP contribution < -0.4 is 0 Å². The fourth-order valence-electron chi connectivity index (χ4n) is 5.87. The van der Waals surface area contributed by atoms with Crippen molar-refractivity contribution in [1.29, 1.82) is 0 Å². The van der Waals surface area contributed by atoms with Gasteiger partial charge in [0.15, 0.2) is 11.6 Å². The average molecular weight is 602 g/mol. The van der Waals surface area contributed by atoms with Gasteiger partial charge in [0.2, 0.25) is 0 Å². The van der Waals surface area contributed by atoms with Gasteiger partial charge in [-0.15, -0.1) is 0 Å². The third-order valence-corrected chi connectivity index (χ3v) is 8.92. The molecule has 0 rings (SSSR count). The van der Waals surface area contributed by atoms with Gasteiger partial charge in [-0.2, -0.15) is 0 Å². The van der Waals surface area contributed by atoms with Crippen LogP contribution in [0.1, 0.15) is 201 Å². The van der Waals surface area contributed by atoms with Crippen molar-refractivity contribution < 1.29 is 9.59 Å². The van der Waals surface area contributed by atoms with E-state index in [1.807, 2.05) is 18.9 Å². The zero-order valence-corrected chi connectivity index (χ0v) is 29.7. The molecule has 0 spiro atoms. The Balaban J connectivity index is 3.87. The Bertz CT molecular complexity index is 615. The van der Waals surface area contributed by atoms with Gasteiger partial charge in [-0.3, -0.25) is 14.5 Å². The molecule has 0 atom stereocenters. The van der Waals surface area contributed by atoms with Crippen LogP contribution in [0.2, 0.25) is 0 Å². The number of allylic oxidation sites excluding steroid dienone is 4. The van der Waals surface area contributed by atoms with E-state index in [2.05, 4.69) is 38.2 Å². The summed E-state index contributed by atoms with van der Waals surface area (Å²) in [7, 11) is 1.93. The van der Waals surface area contributed by atoms with Crippen LogP contribution in [0.15, 0.2) is 24.3 Å². The molecule has 0 unspecified atom stereocenters. The standard InChI is InChI=1S/C40H75NO2/c1-5-8-10-12-14-16-18-20-22-24-26-28-30-32-34-36-38(42)40(41(4)7-3)39(43)37-35-33-31-29-27-25-23-21-19-17-15-13-11-9-6-2/h20-23,40H,5-19,24-37H2,1-4H3/b22-20-,23-21-. The van der Waals surface area contributed by atoms with Crippen molar-refractivity contribution in [3.05, 3.63) is 24.3 Å². The van der Waals surface area contributed by atoms with E-state index in [1.165, 1.54) is 141 Å². The number of hydrogen-bond donors (Lipinski definition) is 0. The maximum atomic E-state index is 13.0. The van der Waals surface area contributed by atoms with Crippen LogP contribution >= 0.6 is 0 Å². The predicted octanol–water partition coefficient (Wildman–Crippen LogP) is 12.5. The molecule has 0 saturated heterocycles. The van der Waals surface area contributed by atoms with Crippen LogP contribution in [0.3, 0.4) is 0 Å². The van der Waals surface area contributed by atoms with E-state index < -0.39 is 6.04 Å². The number of Topliss-reactive ketones (excluding diaryl/α,β-unsaturated/α-hetero) is 2. The first-order chi connectivity index (χ1) is 21.1. The molecule has 0 heterocycles. The molecule has 0 radical (unpaired) electrons. The number of ketones is 2. The molecule has 3 nitrogen and oxygen atoms in total. The molecule has 0 aromatic carbocycles. The highest BCUT2D eigenvalue weighted by atomic mass is 16.2. The lowest BCUT2D eigenvalue weighted by Crippen LogP contribution is -2.44. The molecule has 0 aromatic heterocycles. The molecule has 0 aliphatic heterocycles. The fourth-order valence-corrected chi connectivity index (χ4v) is 5.87. The number of hydrogen-bond acceptors (Lipinski definition) is 3. The minimum Gasteiger partial charge on any atom is -0.297 e. The monoisotopic (exact) mass is 602 g/mol. The molecule has 0 saturated carbocycles. The lowest BCUT2D eigenvalue weighted by atomic mass is 9.96. The van der Waals surface area contributed by atoms with Gasteiger partial charge < -0.3 is 0 Å². The zero-order chi connectivity index (χ0) is 31.6. The summed E-state index contributed by atoms with van der Waals surface area (Å²) in [6, 6.07) is -0.529. The minimum absolute atomic E-state index is 0.139. The van der Waals surface area contributed by atoms with Gasteiger partial charge in [0.05, 0.1) is 0 Å². The number of likely N-dealkylation sites (N-methyl/N-ethyl adjacent to an activating group) is 1. The van der Waals surface area contributed by atoms with Crippen molar-refractivity contribution in [1.82, 2.24) is 4.90 Å². The predicted molar refractivity (Wildman–Crippen MR) is 191 cm³/mol. The molecule has 3 heteroatoms. The normalized spacial score (nSPS) is 12.0. The van der Waals surface area contributed by atoms with E-state index in [0.29, 0.717) is 12.8 Å². The minimum atomic E-state index is -0.529. The first kappa shape index (κ1) is 41.8. The Morgan fingerprint density at radius 3 is 1.02 bits per heavy atom. The lowest BCUT2D eigenvalue weighted by molar-refractivity contribution is -0.134. The lowest BCUT2D eigenvalue weighted by Gasteiger charge is -2.24. The zero-order valence-electron chi connectivity index (χ0n) is 29.7. The molecular formula is C40H75NO2. The molecule has 0 amide bonds. The van der Waals surface area contributed by atoms with Crippen molar-refractivity contribution in [3.63, 3.8) is 0 Å². The summed E-state index contributed by atoms with van der Waals surface area (Å²) in [6.07, 6.45) is 43.2. The Labute approximate surface area is 270 Å². The molecule has 43 heavy (non-hydrogen) atoms. The first-order valence-corrected chi connectivity index (χ1v) is 19.1. The van der Waals surface area contributed by atoms with Crippen LogP contribution in [0, 0.1) is 0 Å². The van der Waals surface area contributed by atoms with Crippen molar-refractivity contribution in [2.75, 3.05) is 13.6 Å². The average Bonchev–Trinajstić information content (AvgIpc) is 3.01. The SMILES string of the molecule is CCCCCCCC/C=C\CCCCCCCC(=O)C(C(=O)CCCCCCC/C=C\CCCCCCCC)N(C)CC.